The van der Waals surface area contributed by atoms with Crippen molar-refractivity contribution in [2.75, 3.05) is 30.8 Å². The molecule has 6 nitrogen and oxygen atoms in total. The maximum Gasteiger partial charge on any atom is 0.265 e. The molecule has 1 aliphatic heterocycles. The molecule has 1 unspecified atom stereocenters. The molecule has 2 rings (SSSR count). The van der Waals surface area contributed by atoms with Gasteiger partial charge in [0.15, 0.2) is 5.13 Å². The van der Waals surface area contributed by atoms with Crippen molar-refractivity contribution in [3.8, 4) is 0 Å². The highest BCUT2D eigenvalue weighted by Gasteiger charge is 2.21. The Kier molecular flexibility index (Phi) is 4.49. The molecule has 1 aliphatic rings. The number of nitrogens with zero attached hydrogens (tertiary/aromatic N) is 1. The molecule has 0 aromatic carbocycles. The molecule has 0 spiro atoms. The number of rotatable bonds is 4. The van der Waals surface area contributed by atoms with Crippen LogP contribution in [0.1, 0.15) is 36.9 Å². The molecular weight excluding hydrogens is 276 g/mol. The lowest BCUT2D eigenvalue weighted by atomic mass is 10.1. The fourth-order valence-electron chi connectivity index (χ4n) is 1.93. The van der Waals surface area contributed by atoms with E-state index in [1.165, 1.54) is 11.3 Å². The highest BCUT2D eigenvalue weighted by molar-refractivity contribution is 7.18. The molecule has 1 saturated heterocycles. The quantitative estimate of drug-likeness (QED) is 0.787. The zero-order valence-electron chi connectivity index (χ0n) is 12.2. The second-order valence-corrected chi connectivity index (χ2v) is 7.05. The van der Waals surface area contributed by atoms with Crippen LogP contribution in [0.15, 0.2) is 0 Å². The molecule has 20 heavy (non-hydrogen) atoms. The van der Waals surface area contributed by atoms with Gasteiger partial charge in [-0.25, -0.2) is 4.98 Å². The van der Waals surface area contributed by atoms with Gasteiger partial charge >= 0.3 is 0 Å². The second kappa shape index (κ2) is 5.97. The first kappa shape index (κ1) is 15.1. The zero-order valence-corrected chi connectivity index (χ0v) is 13.0. The third kappa shape index (κ3) is 4.08. The molecule has 0 radical (unpaired) electrons. The first-order valence-electron chi connectivity index (χ1n) is 6.75. The summed E-state index contributed by atoms with van der Waals surface area (Å²) in [5, 5.41) is 6.79. The summed E-state index contributed by atoms with van der Waals surface area (Å²) in [5.74, 6) is 0.524. The van der Waals surface area contributed by atoms with Crippen molar-refractivity contribution in [1.82, 2.24) is 10.3 Å². The Balaban J connectivity index is 1.95. The predicted octanol–water partition coefficient (Wildman–Crippen LogP) is 1.70. The van der Waals surface area contributed by atoms with Gasteiger partial charge in [-0.1, -0.05) is 11.3 Å². The lowest BCUT2D eigenvalue weighted by Crippen LogP contribution is -2.29. The fraction of sp³-hybridized carbons (Fsp3) is 0.692. The average Bonchev–Trinajstić information content (AvgIpc) is 2.93. The van der Waals surface area contributed by atoms with E-state index in [2.05, 4.69) is 15.6 Å². The van der Waals surface area contributed by atoms with Gasteiger partial charge in [0.1, 0.15) is 10.7 Å². The van der Waals surface area contributed by atoms with Gasteiger partial charge < -0.3 is 21.1 Å². The highest BCUT2D eigenvalue weighted by atomic mass is 32.1. The van der Waals surface area contributed by atoms with Crippen LogP contribution in [0.2, 0.25) is 0 Å². The first-order chi connectivity index (χ1) is 9.35. The molecular formula is C13H22N4O2S. The Morgan fingerprint density at radius 2 is 2.30 bits per heavy atom. The predicted molar refractivity (Wildman–Crippen MR) is 81.2 cm³/mol. The average molecular weight is 298 g/mol. The molecule has 1 amide bonds. The SMILES string of the molecule is CC(C)(C)Nc1nc(N)c(C(=O)NCC2CCOC2)s1. The lowest BCUT2D eigenvalue weighted by molar-refractivity contribution is 0.0949. The van der Waals surface area contributed by atoms with E-state index >= 15 is 0 Å². The fourth-order valence-corrected chi connectivity index (χ4v) is 2.94. The number of nitrogen functional groups attached to an aromatic ring is 1. The van der Waals surface area contributed by atoms with Gasteiger partial charge in [0.05, 0.1) is 6.61 Å². The van der Waals surface area contributed by atoms with E-state index in [9.17, 15) is 4.79 Å². The van der Waals surface area contributed by atoms with Crippen molar-refractivity contribution < 1.29 is 9.53 Å². The number of carbonyl (C=O) groups is 1. The third-order valence-corrected chi connectivity index (χ3v) is 3.90. The van der Waals surface area contributed by atoms with E-state index in [0.29, 0.717) is 22.5 Å². The number of carbonyl (C=O) groups excluding carboxylic acids is 1. The third-order valence-electron chi connectivity index (χ3n) is 2.92. The maximum atomic E-state index is 12.1. The number of nitrogens with two attached hydrogens (primary N) is 1. The minimum Gasteiger partial charge on any atom is -0.382 e. The Hall–Kier alpha value is -1.34. The molecule has 1 fully saturated rings. The molecule has 0 saturated carbocycles. The number of aromatic nitrogens is 1. The van der Waals surface area contributed by atoms with Crippen molar-refractivity contribution >= 4 is 28.2 Å². The smallest absolute Gasteiger partial charge is 0.265 e. The van der Waals surface area contributed by atoms with Gasteiger partial charge in [-0.15, -0.1) is 0 Å². The van der Waals surface area contributed by atoms with Crippen LogP contribution in [0.5, 0.6) is 0 Å². The highest BCUT2D eigenvalue weighted by Crippen LogP contribution is 2.27. The lowest BCUT2D eigenvalue weighted by Gasteiger charge is -2.19. The van der Waals surface area contributed by atoms with Gasteiger partial charge in [0.2, 0.25) is 0 Å². The molecule has 0 bridgehead atoms. The Morgan fingerprint density at radius 3 is 2.90 bits per heavy atom. The van der Waals surface area contributed by atoms with E-state index in [-0.39, 0.29) is 17.3 Å². The summed E-state index contributed by atoms with van der Waals surface area (Å²) < 4.78 is 5.28. The Bertz CT molecular complexity index is 475. The van der Waals surface area contributed by atoms with Crippen LogP contribution in [0.25, 0.3) is 0 Å². The van der Waals surface area contributed by atoms with Crippen LogP contribution in [-0.2, 0) is 4.74 Å². The zero-order chi connectivity index (χ0) is 14.8. The summed E-state index contributed by atoms with van der Waals surface area (Å²) in [7, 11) is 0. The van der Waals surface area contributed by atoms with Gasteiger partial charge in [0, 0.05) is 24.6 Å². The van der Waals surface area contributed by atoms with Crippen molar-refractivity contribution in [2.45, 2.75) is 32.7 Å². The normalized spacial score (nSPS) is 19.1. The van der Waals surface area contributed by atoms with Crippen LogP contribution >= 0.6 is 11.3 Å². The maximum absolute atomic E-state index is 12.1. The van der Waals surface area contributed by atoms with E-state index < -0.39 is 0 Å². The topological polar surface area (TPSA) is 89.3 Å². The number of hydrogen-bond donors (Lipinski definition) is 3. The monoisotopic (exact) mass is 298 g/mol. The minimum absolute atomic E-state index is 0.112. The van der Waals surface area contributed by atoms with E-state index in [1.807, 2.05) is 20.8 Å². The standard InChI is InChI=1S/C13H22N4O2S/c1-13(2,3)17-12-16-10(14)9(20-12)11(18)15-6-8-4-5-19-7-8/h8H,4-7,14H2,1-3H3,(H,15,18)(H,16,17). The first-order valence-corrected chi connectivity index (χ1v) is 7.57. The molecule has 0 aliphatic carbocycles. The van der Waals surface area contributed by atoms with Crippen LogP contribution in [0.4, 0.5) is 10.9 Å². The van der Waals surface area contributed by atoms with Gasteiger partial charge in [0.25, 0.3) is 5.91 Å². The number of thiazole rings is 1. The van der Waals surface area contributed by atoms with Gasteiger partial charge in [-0.05, 0) is 27.2 Å². The molecule has 112 valence electrons. The molecule has 2 heterocycles. The molecule has 7 heteroatoms. The van der Waals surface area contributed by atoms with Crippen molar-refractivity contribution in [2.24, 2.45) is 5.92 Å². The van der Waals surface area contributed by atoms with Gasteiger partial charge in [-0.3, -0.25) is 4.79 Å². The Morgan fingerprint density at radius 1 is 1.55 bits per heavy atom. The summed E-state index contributed by atoms with van der Waals surface area (Å²) in [4.78, 5) is 16.8. The summed E-state index contributed by atoms with van der Waals surface area (Å²) in [6.07, 6.45) is 0.995. The van der Waals surface area contributed by atoms with E-state index in [1.54, 1.807) is 0 Å². The molecule has 1 aromatic heterocycles. The van der Waals surface area contributed by atoms with E-state index in [0.717, 1.165) is 19.6 Å². The summed E-state index contributed by atoms with van der Waals surface area (Å²) >= 11 is 1.29. The number of hydrogen-bond acceptors (Lipinski definition) is 6. The summed E-state index contributed by atoms with van der Waals surface area (Å²) in [6.45, 7) is 8.22. The number of ether oxygens (including phenoxy) is 1. The number of amides is 1. The van der Waals surface area contributed by atoms with Crippen molar-refractivity contribution in [3.63, 3.8) is 0 Å². The molecule has 4 N–H and O–H groups in total. The minimum atomic E-state index is -0.158. The largest absolute Gasteiger partial charge is 0.382 e. The van der Waals surface area contributed by atoms with Crippen molar-refractivity contribution in [3.05, 3.63) is 4.88 Å². The second-order valence-electron chi connectivity index (χ2n) is 6.05. The molecule has 1 aromatic rings. The van der Waals surface area contributed by atoms with Crippen LogP contribution in [0.3, 0.4) is 0 Å². The van der Waals surface area contributed by atoms with E-state index in [4.69, 9.17) is 10.5 Å². The van der Waals surface area contributed by atoms with Crippen LogP contribution in [0, 0.1) is 5.92 Å². The number of nitrogens with one attached hydrogen (secondary N) is 2. The summed E-state index contributed by atoms with van der Waals surface area (Å²) in [5.41, 5.74) is 5.71. The van der Waals surface area contributed by atoms with Crippen molar-refractivity contribution in [1.29, 1.82) is 0 Å². The molecule has 1 atom stereocenters. The summed E-state index contributed by atoms with van der Waals surface area (Å²) in [6, 6.07) is 0. The Labute approximate surface area is 123 Å². The van der Waals surface area contributed by atoms with Crippen LogP contribution in [-0.4, -0.2) is 36.2 Å². The van der Waals surface area contributed by atoms with Crippen LogP contribution < -0.4 is 16.4 Å². The number of anilines is 2. The van der Waals surface area contributed by atoms with Gasteiger partial charge in [-0.2, -0.15) is 0 Å².